The van der Waals surface area contributed by atoms with Gasteiger partial charge in [0.25, 0.3) is 12.4 Å². The summed E-state index contributed by atoms with van der Waals surface area (Å²) in [7, 11) is 0. The van der Waals surface area contributed by atoms with Crippen LogP contribution in [0.5, 0.6) is 0 Å². The van der Waals surface area contributed by atoms with Crippen LogP contribution in [0.25, 0.3) is 50.9 Å². The van der Waals surface area contributed by atoms with E-state index in [0.29, 0.717) is 17.5 Å². The van der Waals surface area contributed by atoms with Crippen LogP contribution in [-0.2, 0) is 0 Å². The van der Waals surface area contributed by atoms with Gasteiger partial charge in [0.15, 0.2) is 17.5 Å². The molecule has 0 radical (unpaired) electrons. The van der Waals surface area contributed by atoms with E-state index in [0.717, 1.165) is 39.0 Å². The van der Waals surface area contributed by atoms with E-state index in [4.69, 9.17) is 15.0 Å². The second-order valence-corrected chi connectivity index (χ2v) is 8.25. The summed E-state index contributed by atoms with van der Waals surface area (Å²) >= 11 is 0. The van der Waals surface area contributed by atoms with Gasteiger partial charge in [-0.05, 0) is 34.9 Å². The third-order valence-corrected chi connectivity index (χ3v) is 5.88. The molecule has 0 amide bonds. The Balaban J connectivity index is 1.57. The average molecular weight is 450 g/mol. The van der Waals surface area contributed by atoms with E-state index in [2.05, 4.69) is 47.1 Å². The molecule has 0 N–H and O–H groups in total. The van der Waals surface area contributed by atoms with Crippen molar-refractivity contribution in [2.75, 3.05) is 0 Å². The minimum atomic E-state index is 0.635. The zero-order valence-electron chi connectivity index (χ0n) is 18.9. The van der Waals surface area contributed by atoms with Gasteiger partial charge < -0.3 is 0 Å². The van der Waals surface area contributed by atoms with Crippen LogP contribution in [0.15, 0.2) is 115 Å². The maximum Gasteiger partial charge on any atom is 0.300 e. The first-order valence-electron chi connectivity index (χ1n) is 11.5. The number of hydrogen-bond acceptors (Lipinski definition) is 3. The van der Waals surface area contributed by atoms with E-state index in [9.17, 15) is 0 Å². The molecule has 0 aliphatic carbocycles. The molecule has 164 valence electrons. The highest BCUT2D eigenvalue weighted by Crippen LogP contribution is 2.31. The summed E-state index contributed by atoms with van der Waals surface area (Å²) in [5.41, 5.74) is 7.20. The fraction of sp³-hybridized carbons (Fsp3) is 0. The smallest absolute Gasteiger partial charge is 0.208 e. The lowest BCUT2D eigenvalue weighted by Crippen LogP contribution is -2.01. The summed E-state index contributed by atoms with van der Waals surface area (Å²) in [6, 6.07) is 36.9. The van der Waals surface area contributed by atoms with Gasteiger partial charge in [-0.2, -0.15) is 0 Å². The lowest BCUT2D eigenvalue weighted by molar-refractivity contribution is 1.07. The molecule has 35 heavy (non-hydrogen) atoms. The zero-order valence-corrected chi connectivity index (χ0v) is 18.9. The molecular formula is C31H21N4+. The van der Waals surface area contributed by atoms with Crippen molar-refractivity contribution in [1.82, 2.24) is 19.6 Å². The summed E-state index contributed by atoms with van der Waals surface area (Å²) in [4.78, 5) is 14.7. The van der Waals surface area contributed by atoms with Gasteiger partial charge in [0, 0.05) is 22.8 Å². The van der Waals surface area contributed by atoms with Crippen molar-refractivity contribution in [2.45, 2.75) is 0 Å². The van der Waals surface area contributed by atoms with Crippen LogP contribution in [0.1, 0.15) is 5.56 Å². The summed E-state index contributed by atoms with van der Waals surface area (Å²) in [5.74, 6) is 1.93. The predicted octanol–water partition coefficient (Wildman–Crippen LogP) is 6.15. The van der Waals surface area contributed by atoms with Gasteiger partial charge >= 0.3 is 0 Å². The first-order valence-corrected chi connectivity index (χ1v) is 11.5. The average Bonchev–Trinajstić information content (AvgIpc) is 3.49. The van der Waals surface area contributed by atoms with Crippen LogP contribution in [0, 0.1) is 0 Å². The molecular weight excluding hydrogens is 428 g/mol. The predicted molar refractivity (Wildman–Crippen MR) is 144 cm³/mol. The molecule has 6 rings (SSSR count). The molecule has 4 nitrogen and oxygen atoms in total. The van der Waals surface area contributed by atoms with Gasteiger partial charge in [0.05, 0.1) is 5.57 Å². The first-order chi connectivity index (χ1) is 17.3. The van der Waals surface area contributed by atoms with Gasteiger partial charge in [-0.25, -0.2) is 15.0 Å². The van der Waals surface area contributed by atoms with Crippen LogP contribution >= 0.6 is 0 Å². The highest BCUT2D eigenvalue weighted by molar-refractivity contribution is 6.17. The Labute approximate surface area is 203 Å². The van der Waals surface area contributed by atoms with Crippen molar-refractivity contribution in [3.8, 4) is 45.3 Å². The maximum absolute atomic E-state index is 4.92. The Kier molecular flexibility index (Phi) is 5.40. The number of rotatable bonds is 5. The third-order valence-electron chi connectivity index (χ3n) is 5.88. The molecule has 0 unspecified atom stereocenters. The van der Waals surface area contributed by atoms with Crippen LogP contribution < -0.4 is 4.67 Å². The van der Waals surface area contributed by atoms with E-state index in [-0.39, 0.29) is 0 Å². The van der Waals surface area contributed by atoms with Crippen molar-refractivity contribution in [3.05, 3.63) is 121 Å². The second kappa shape index (κ2) is 9.14. The molecule has 0 fully saturated rings. The SMILES string of the molecule is C1=[N+]=CC(c2cc(-c3ccccc3)cc(-c3nc(-c4ccccc4)nc(-c4ccccc4)n3)c2)=C1. The molecule has 4 aromatic carbocycles. The Hall–Kier alpha value is -4.92. The van der Waals surface area contributed by atoms with E-state index < -0.39 is 0 Å². The molecule has 0 atom stereocenters. The molecule has 0 saturated carbocycles. The number of hydrogen-bond donors (Lipinski definition) is 0. The van der Waals surface area contributed by atoms with Crippen LogP contribution in [0.4, 0.5) is 0 Å². The monoisotopic (exact) mass is 449 g/mol. The molecule has 1 aliphatic rings. The van der Waals surface area contributed by atoms with Gasteiger partial charge in [-0.3, -0.25) is 0 Å². The maximum atomic E-state index is 4.92. The van der Waals surface area contributed by atoms with E-state index >= 15 is 0 Å². The van der Waals surface area contributed by atoms with Crippen molar-refractivity contribution in [1.29, 1.82) is 0 Å². The van der Waals surface area contributed by atoms with Crippen LogP contribution in [-0.4, -0.2) is 27.4 Å². The highest BCUT2D eigenvalue weighted by Gasteiger charge is 2.16. The van der Waals surface area contributed by atoms with Crippen molar-refractivity contribution >= 4 is 18.0 Å². The van der Waals surface area contributed by atoms with Crippen molar-refractivity contribution < 1.29 is 0 Å². The Bertz CT molecular complexity index is 1540. The number of aromatic nitrogens is 3. The first kappa shape index (κ1) is 20.7. The molecule has 0 spiro atoms. The Morgan fingerprint density at radius 2 is 0.886 bits per heavy atom. The molecule has 2 heterocycles. The minimum Gasteiger partial charge on any atom is -0.208 e. The number of allylic oxidation sites excluding steroid dienone is 2. The lowest BCUT2D eigenvalue weighted by Gasteiger charge is -2.11. The van der Waals surface area contributed by atoms with Gasteiger partial charge in [0.2, 0.25) is 0 Å². The molecule has 4 heteroatoms. The topological polar surface area (TPSA) is 52.8 Å². The van der Waals surface area contributed by atoms with E-state index in [1.165, 1.54) is 0 Å². The van der Waals surface area contributed by atoms with E-state index in [1.807, 2.05) is 85.2 Å². The van der Waals surface area contributed by atoms with Crippen molar-refractivity contribution in [3.63, 3.8) is 0 Å². The summed E-state index contributed by atoms with van der Waals surface area (Å²) in [6.45, 7) is 0. The van der Waals surface area contributed by atoms with Crippen LogP contribution in [0.2, 0.25) is 0 Å². The number of nitrogens with zero attached hydrogens (tertiary/aromatic N) is 4. The molecule has 0 saturated heterocycles. The molecule has 0 bridgehead atoms. The summed E-state index contributed by atoms with van der Waals surface area (Å²) < 4.78 is 4.27. The standard InChI is InChI=1S/C31H21N4/c1-4-10-22(11-5-1)26-18-27(25-16-17-32-21-25)20-28(19-26)31-34-29(23-12-6-2-7-13-23)33-30(35-31)24-14-8-3-9-15-24/h1-21H/q+1. The highest BCUT2D eigenvalue weighted by atomic mass is 15.0. The quantitative estimate of drug-likeness (QED) is 0.303. The van der Waals surface area contributed by atoms with E-state index in [1.54, 1.807) is 0 Å². The minimum absolute atomic E-state index is 0.635. The molecule has 1 aliphatic heterocycles. The largest absolute Gasteiger partial charge is 0.300 e. The van der Waals surface area contributed by atoms with Crippen LogP contribution in [0.3, 0.4) is 0 Å². The lowest BCUT2D eigenvalue weighted by atomic mass is 9.96. The number of benzene rings is 4. The second-order valence-electron chi connectivity index (χ2n) is 8.25. The Morgan fingerprint density at radius 3 is 1.40 bits per heavy atom. The fourth-order valence-corrected chi connectivity index (χ4v) is 4.12. The zero-order chi connectivity index (χ0) is 23.5. The van der Waals surface area contributed by atoms with Gasteiger partial charge in [0.1, 0.15) is 0 Å². The normalized spacial score (nSPS) is 12.1. The Morgan fingerprint density at radius 1 is 0.429 bits per heavy atom. The summed E-state index contributed by atoms with van der Waals surface area (Å²) in [5, 5.41) is 0. The third kappa shape index (κ3) is 4.34. The molecule has 5 aromatic rings. The van der Waals surface area contributed by atoms with Gasteiger partial charge in [-0.15, -0.1) is 4.67 Å². The fourth-order valence-electron chi connectivity index (χ4n) is 4.12. The van der Waals surface area contributed by atoms with Gasteiger partial charge in [-0.1, -0.05) is 91.0 Å². The van der Waals surface area contributed by atoms with Crippen molar-refractivity contribution in [2.24, 2.45) is 0 Å². The molecule has 1 aromatic heterocycles. The summed E-state index contributed by atoms with van der Waals surface area (Å²) in [6.07, 6.45) is 5.71.